The Labute approximate surface area is 162 Å². The molecule has 2 saturated heterocycles. The van der Waals surface area contributed by atoms with Crippen LogP contribution in [-0.2, 0) is 10.0 Å². The molecular formula is C17H28ClN3O4S. The van der Waals surface area contributed by atoms with Gasteiger partial charge in [0.05, 0.1) is 19.1 Å². The molecule has 0 aliphatic carbocycles. The maximum absolute atomic E-state index is 13.1. The van der Waals surface area contributed by atoms with E-state index in [0.717, 1.165) is 32.6 Å². The van der Waals surface area contributed by atoms with Crippen LogP contribution in [0.15, 0.2) is 17.0 Å². The van der Waals surface area contributed by atoms with Gasteiger partial charge in [-0.05, 0) is 31.5 Å². The molecule has 1 atom stereocenters. The lowest BCUT2D eigenvalue weighted by Crippen LogP contribution is -2.52. The minimum absolute atomic E-state index is 0. The Morgan fingerprint density at radius 3 is 2.23 bits per heavy atom. The predicted molar refractivity (Wildman–Crippen MR) is 103 cm³/mol. The highest BCUT2D eigenvalue weighted by Gasteiger charge is 2.33. The van der Waals surface area contributed by atoms with Gasteiger partial charge in [-0.3, -0.25) is 4.90 Å². The first kappa shape index (κ1) is 21.2. The summed E-state index contributed by atoms with van der Waals surface area (Å²) in [4.78, 5) is 2.69. The lowest BCUT2D eigenvalue weighted by molar-refractivity contribution is 0.145. The number of methoxy groups -OCH3 is 2. The number of hydrogen-bond acceptors (Lipinski definition) is 6. The first-order valence-electron chi connectivity index (χ1n) is 8.65. The molecule has 0 aromatic heterocycles. The van der Waals surface area contributed by atoms with Gasteiger partial charge in [-0.2, -0.15) is 4.31 Å². The van der Waals surface area contributed by atoms with Crippen molar-refractivity contribution in [3.05, 3.63) is 17.7 Å². The van der Waals surface area contributed by atoms with Crippen molar-refractivity contribution in [2.45, 2.75) is 24.3 Å². The number of sulfonamides is 1. The van der Waals surface area contributed by atoms with Crippen LogP contribution >= 0.6 is 12.4 Å². The number of hydrogen-bond donors (Lipinski definition) is 1. The molecule has 1 unspecified atom stereocenters. The molecule has 2 heterocycles. The van der Waals surface area contributed by atoms with E-state index in [4.69, 9.17) is 9.47 Å². The average molecular weight is 406 g/mol. The maximum atomic E-state index is 13.1. The van der Waals surface area contributed by atoms with Crippen LogP contribution in [0.25, 0.3) is 0 Å². The number of nitrogens with zero attached hydrogens (tertiary/aromatic N) is 2. The van der Waals surface area contributed by atoms with Crippen LogP contribution < -0.4 is 14.8 Å². The van der Waals surface area contributed by atoms with Gasteiger partial charge in [0.25, 0.3) is 0 Å². The van der Waals surface area contributed by atoms with E-state index in [2.05, 4.69) is 10.2 Å². The molecule has 2 aliphatic rings. The zero-order valence-corrected chi connectivity index (χ0v) is 17.2. The van der Waals surface area contributed by atoms with Crippen molar-refractivity contribution in [1.82, 2.24) is 14.5 Å². The highest BCUT2D eigenvalue weighted by molar-refractivity contribution is 7.89. The van der Waals surface area contributed by atoms with E-state index in [1.54, 1.807) is 30.5 Å². The Bertz CT molecular complexity index is 715. The molecule has 2 aliphatic heterocycles. The highest BCUT2D eigenvalue weighted by atomic mass is 35.5. The number of nitrogens with one attached hydrogen (secondary N) is 1. The number of benzene rings is 1. The second kappa shape index (κ2) is 8.75. The number of halogens is 1. The van der Waals surface area contributed by atoms with Crippen LogP contribution in [0.3, 0.4) is 0 Å². The fourth-order valence-electron chi connectivity index (χ4n) is 3.64. The summed E-state index contributed by atoms with van der Waals surface area (Å²) in [5.41, 5.74) is 0.667. The van der Waals surface area contributed by atoms with Gasteiger partial charge < -0.3 is 14.8 Å². The molecule has 26 heavy (non-hydrogen) atoms. The van der Waals surface area contributed by atoms with Gasteiger partial charge in [0.2, 0.25) is 10.0 Å². The fraction of sp³-hybridized carbons (Fsp3) is 0.647. The summed E-state index contributed by atoms with van der Waals surface area (Å²) >= 11 is 0. The van der Waals surface area contributed by atoms with Crippen LogP contribution in [0.1, 0.15) is 12.0 Å². The normalized spacial score (nSPS) is 22.0. The Kier molecular flexibility index (Phi) is 7.15. The molecule has 7 nitrogen and oxygen atoms in total. The van der Waals surface area contributed by atoms with Gasteiger partial charge in [0, 0.05) is 44.8 Å². The maximum Gasteiger partial charge on any atom is 0.243 e. The molecule has 3 rings (SSSR count). The van der Waals surface area contributed by atoms with Gasteiger partial charge in [0.1, 0.15) is 0 Å². The van der Waals surface area contributed by atoms with Crippen molar-refractivity contribution in [1.29, 1.82) is 0 Å². The third-order valence-electron chi connectivity index (χ3n) is 5.12. The van der Waals surface area contributed by atoms with Crippen LogP contribution in [0.2, 0.25) is 0 Å². The van der Waals surface area contributed by atoms with Gasteiger partial charge >= 0.3 is 0 Å². The Balaban J connectivity index is 0.00000243. The Morgan fingerprint density at radius 2 is 1.69 bits per heavy atom. The highest BCUT2D eigenvalue weighted by Crippen LogP contribution is 2.33. The third kappa shape index (κ3) is 4.09. The molecule has 1 aromatic carbocycles. The van der Waals surface area contributed by atoms with E-state index >= 15 is 0 Å². The molecule has 148 valence electrons. The second-order valence-electron chi connectivity index (χ2n) is 6.56. The average Bonchev–Trinajstić information content (AvgIpc) is 3.16. The van der Waals surface area contributed by atoms with Crippen LogP contribution in [0.5, 0.6) is 11.5 Å². The first-order chi connectivity index (χ1) is 12.0. The van der Waals surface area contributed by atoms with Crippen LogP contribution in [0, 0.1) is 6.92 Å². The SMILES string of the molecule is COc1cc(C)c(S(=O)(=O)N2CCN(C3CCNC3)CC2)cc1OC.Cl. The van der Waals surface area contributed by atoms with Crippen LogP contribution in [0.4, 0.5) is 0 Å². The standard InChI is InChI=1S/C17H27N3O4S.ClH/c1-13-10-15(23-2)16(24-3)11-17(13)25(21,22)20-8-6-19(7-9-20)14-4-5-18-12-14;/h10-11,14,18H,4-9,12H2,1-3H3;1H. The van der Waals surface area contributed by atoms with E-state index < -0.39 is 10.0 Å². The number of rotatable bonds is 5. The van der Waals surface area contributed by atoms with Gasteiger partial charge in [0.15, 0.2) is 11.5 Å². The quantitative estimate of drug-likeness (QED) is 0.791. The second-order valence-corrected chi connectivity index (χ2v) is 8.47. The van der Waals surface area contributed by atoms with Crippen LogP contribution in [-0.4, -0.2) is 77.2 Å². The lowest BCUT2D eigenvalue weighted by atomic mass is 10.2. The lowest BCUT2D eigenvalue weighted by Gasteiger charge is -2.37. The summed E-state index contributed by atoms with van der Waals surface area (Å²) in [5, 5.41) is 3.37. The molecule has 0 radical (unpaired) electrons. The summed E-state index contributed by atoms with van der Waals surface area (Å²) in [7, 11) is -0.486. The predicted octanol–water partition coefficient (Wildman–Crippen LogP) is 1.10. The molecule has 9 heteroatoms. The van der Waals surface area contributed by atoms with Crippen molar-refractivity contribution in [2.24, 2.45) is 0 Å². The summed E-state index contributed by atoms with van der Waals surface area (Å²) < 4.78 is 38.3. The van der Waals surface area contributed by atoms with E-state index in [1.807, 2.05) is 0 Å². The van der Waals surface area contributed by atoms with Gasteiger partial charge in [-0.25, -0.2) is 8.42 Å². The fourth-order valence-corrected chi connectivity index (χ4v) is 5.28. The van der Waals surface area contributed by atoms with E-state index in [1.165, 1.54) is 7.11 Å². The first-order valence-corrected chi connectivity index (χ1v) is 10.1. The molecule has 1 aromatic rings. The Hall–Kier alpha value is -1.06. The van der Waals surface area contributed by atoms with Gasteiger partial charge in [-0.1, -0.05) is 0 Å². The molecule has 0 saturated carbocycles. The zero-order valence-electron chi connectivity index (χ0n) is 15.5. The van der Waals surface area contributed by atoms with Crippen molar-refractivity contribution in [3.63, 3.8) is 0 Å². The van der Waals surface area contributed by atoms with Gasteiger partial charge in [-0.15, -0.1) is 12.4 Å². The largest absolute Gasteiger partial charge is 0.493 e. The smallest absolute Gasteiger partial charge is 0.243 e. The van der Waals surface area contributed by atoms with E-state index in [0.29, 0.717) is 41.1 Å². The third-order valence-corrected chi connectivity index (χ3v) is 7.16. The summed E-state index contributed by atoms with van der Waals surface area (Å²) in [6.45, 7) is 6.43. The molecule has 0 bridgehead atoms. The number of ether oxygens (including phenoxy) is 2. The molecule has 0 amide bonds. The Morgan fingerprint density at radius 1 is 1.08 bits per heavy atom. The van der Waals surface area contributed by atoms with Crippen molar-refractivity contribution < 1.29 is 17.9 Å². The van der Waals surface area contributed by atoms with Crippen molar-refractivity contribution >= 4 is 22.4 Å². The van der Waals surface area contributed by atoms with Crippen molar-refractivity contribution in [2.75, 3.05) is 53.5 Å². The zero-order chi connectivity index (χ0) is 18.0. The van der Waals surface area contributed by atoms with Crippen molar-refractivity contribution in [3.8, 4) is 11.5 Å². The minimum Gasteiger partial charge on any atom is -0.493 e. The summed E-state index contributed by atoms with van der Waals surface area (Å²) in [6, 6.07) is 3.82. The number of piperazine rings is 1. The molecular weight excluding hydrogens is 378 g/mol. The number of aryl methyl sites for hydroxylation is 1. The molecule has 2 fully saturated rings. The molecule has 0 spiro atoms. The topological polar surface area (TPSA) is 71.1 Å². The molecule has 1 N–H and O–H groups in total. The summed E-state index contributed by atoms with van der Waals surface area (Å²) in [5.74, 6) is 0.972. The monoisotopic (exact) mass is 405 g/mol. The van der Waals surface area contributed by atoms with E-state index in [-0.39, 0.29) is 12.4 Å². The summed E-state index contributed by atoms with van der Waals surface area (Å²) in [6.07, 6.45) is 1.14. The van der Waals surface area contributed by atoms with E-state index in [9.17, 15) is 8.42 Å². The minimum atomic E-state index is -3.54.